The molecule has 0 bridgehead atoms. The van der Waals surface area contributed by atoms with E-state index in [2.05, 4.69) is 0 Å². The van der Waals surface area contributed by atoms with Crippen molar-refractivity contribution >= 4 is 40.2 Å². The van der Waals surface area contributed by atoms with Crippen molar-refractivity contribution < 1.29 is 24.2 Å². The summed E-state index contributed by atoms with van der Waals surface area (Å²) >= 11 is 6.29. The van der Waals surface area contributed by atoms with E-state index in [1.54, 1.807) is 20.3 Å². The number of benzene rings is 1. The number of nitrogens with zero attached hydrogens (tertiary/aromatic N) is 1. The van der Waals surface area contributed by atoms with Crippen LogP contribution in [0.5, 0.6) is 11.5 Å². The summed E-state index contributed by atoms with van der Waals surface area (Å²) in [6.45, 7) is -0.400. The van der Waals surface area contributed by atoms with Gasteiger partial charge in [0.25, 0.3) is 0 Å². The highest BCUT2D eigenvalue weighted by Gasteiger charge is 2.37. The molecule has 1 fully saturated rings. The second-order valence-corrected chi connectivity index (χ2v) is 6.45. The molecule has 1 unspecified atom stereocenters. The van der Waals surface area contributed by atoms with Crippen molar-refractivity contribution in [3.05, 3.63) is 23.8 Å². The maximum Gasteiger partial charge on any atom is 0.323 e. The molecule has 1 aliphatic heterocycles. The minimum Gasteiger partial charge on any atom is -0.497 e. The van der Waals surface area contributed by atoms with Crippen LogP contribution in [0.1, 0.15) is 5.56 Å². The molecular formula is C14H15NO5S2. The zero-order valence-corrected chi connectivity index (χ0v) is 13.7. The molecule has 0 saturated carbocycles. The molecule has 0 spiro atoms. The molecule has 1 atom stereocenters. The predicted octanol–water partition coefficient (Wildman–Crippen LogP) is 1.56. The molecule has 6 nitrogen and oxygen atoms in total. The highest BCUT2D eigenvalue weighted by atomic mass is 32.2. The number of thioether (sulfide) groups is 1. The summed E-state index contributed by atoms with van der Waals surface area (Å²) in [6, 6.07) is 5.38. The number of hydrogen-bond donors (Lipinski definition) is 1. The first-order valence-electron chi connectivity index (χ1n) is 6.40. The van der Waals surface area contributed by atoms with Crippen LogP contribution in [-0.4, -0.2) is 52.2 Å². The fraction of sp³-hybridized carbons (Fsp3) is 0.357. The summed E-state index contributed by atoms with van der Waals surface area (Å²) in [4.78, 5) is 24.2. The Labute approximate surface area is 137 Å². The summed E-state index contributed by atoms with van der Waals surface area (Å²) in [5.41, 5.74) is 0.863. The minimum atomic E-state index is -1.08. The lowest BCUT2D eigenvalue weighted by Gasteiger charge is -2.13. The van der Waals surface area contributed by atoms with Gasteiger partial charge in [0.15, 0.2) is 0 Å². The first-order chi connectivity index (χ1) is 10.4. The highest BCUT2D eigenvalue weighted by molar-refractivity contribution is 8.24. The lowest BCUT2D eigenvalue weighted by Crippen LogP contribution is -2.36. The summed E-state index contributed by atoms with van der Waals surface area (Å²) in [5, 5.41) is 8.40. The number of hydrogen-bond acceptors (Lipinski definition) is 6. The Kier molecular flexibility index (Phi) is 5.25. The van der Waals surface area contributed by atoms with Crippen molar-refractivity contribution in [3.8, 4) is 11.5 Å². The van der Waals surface area contributed by atoms with Gasteiger partial charge in [-0.05, 0) is 24.1 Å². The van der Waals surface area contributed by atoms with Crippen molar-refractivity contribution in [2.45, 2.75) is 11.7 Å². The zero-order valence-electron chi connectivity index (χ0n) is 12.1. The average Bonchev–Trinajstić information content (AvgIpc) is 2.74. The first-order valence-corrected chi connectivity index (χ1v) is 7.69. The molecule has 0 aliphatic carbocycles. The number of carbonyl (C=O) groups is 2. The van der Waals surface area contributed by atoms with Gasteiger partial charge in [0.2, 0.25) is 5.91 Å². The molecule has 1 N–H and O–H groups in total. The van der Waals surface area contributed by atoms with E-state index in [0.29, 0.717) is 22.2 Å². The van der Waals surface area contributed by atoms with Crippen molar-refractivity contribution in [2.24, 2.45) is 0 Å². The first kappa shape index (κ1) is 16.6. The Hall–Kier alpha value is -1.80. The number of rotatable bonds is 6. The monoisotopic (exact) mass is 341 g/mol. The third-order valence-corrected chi connectivity index (χ3v) is 4.71. The van der Waals surface area contributed by atoms with Crippen LogP contribution in [0, 0.1) is 0 Å². The standard InChI is InChI=1S/C14H15NO5S2/c1-19-9-3-8(4-10(6-9)20-2)5-11-13(18)15(7-12(16)17)14(21)22-11/h3-4,6,11H,5,7H2,1-2H3,(H,16,17). The second kappa shape index (κ2) is 6.97. The summed E-state index contributed by atoms with van der Waals surface area (Å²) in [7, 11) is 3.11. The molecule has 22 heavy (non-hydrogen) atoms. The summed E-state index contributed by atoms with van der Waals surface area (Å²) in [5.74, 6) is -0.0938. The summed E-state index contributed by atoms with van der Waals surface area (Å²) in [6.07, 6.45) is 0.424. The SMILES string of the molecule is COc1cc(CC2SC(=S)N(CC(=O)O)C2=O)cc(OC)c1. The number of amides is 1. The largest absolute Gasteiger partial charge is 0.497 e. The molecule has 0 aromatic heterocycles. The number of aliphatic carboxylic acids is 1. The quantitative estimate of drug-likeness (QED) is 0.787. The lowest BCUT2D eigenvalue weighted by atomic mass is 10.1. The molecule has 0 radical (unpaired) electrons. The van der Waals surface area contributed by atoms with Gasteiger partial charge in [0.1, 0.15) is 22.4 Å². The molecular weight excluding hydrogens is 326 g/mol. The van der Waals surface area contributed by atoms with E-state index in [-0.39, 0.29) is 5.91 Å². The molecule has 1 heterocycles. The van der Waals surface area contributed by atoms with Gasteiger partial charge in [-0.3, -0.25) is 14.5 Å². The topological polar surface area (TPSA) is 76.1 Å². The van der Waals surface area contributed by atoms with Crippen LogP contribution in [0.3, 0.4) is 0 Å². The number of methoxy groups -OCH3 is 2. The van der Waals surface area contributed by atoms with Crippen LogP contribution in [-0.2, 0) is 16.0 Å². The maximum atomic E-state index is 12.3. The molecule has 1 amide bonds. The molecule has 1 aliphatic rings. The third kappa shape index (κ3) is 3.69. The Bertz CT molecular complexity index is 597. The van der Waals surface area contributed by atoms with E-state index in [0.717, 1.165) is 10.5 Å². The number of thiocarbonyl (C=S) groups is 1. The van der Waals surface area contributed by atoms with Gasteiger partial charge in [-0.25, -0.2) is 0 Å². The molecule has 1 aromatic carbocycles. The van der Waals surface area contributed by atoms with Crippen LogP contribution in [0.4, 0.5) is 0 Å². The van der Waals surface area contributed by atoms with E-state index in [9.17, 15) is 9.59 Å². The number of ether oxygens (including phenoxy) is 2. The average molecular weight is 341 g/mol. The van der Waals surface area contributed by atoms with E-state index in [1.165, 1.54) is 11.8 Å². The van der Waals surface area contributed by atoms with Gasteiger partial charge in [-0.1, -0.05) is 24.0 Å². The number of carbonyl (C=O) groups excluding carboxylic acids is 1. The fourth-order valence-corrected chi connectivity index (χ4v) is 3.64. The fourth-order valence-electron chi connectivity index (χ4n) is 2.10. The lowest BCUT2D eigenvalue weighted by molar-refractivity contribution is -0.141. The predicted molar refractivity (Wildman–Crippen MR) is 86.6 cm³/mol. The zero-order chi connectivity index (χ0) is 16.3. The van der Waals surface area contributed by atoms with Crippen LogP contribution in [0.2, 0.25) is 0 Å². The van der Waals surface area contributed by atoms with Gasteiger partial charge < -0.3 is 14.6 Å². The normalized spacial score (nSPS) is 17.7. The molecule has 118 valence electrons. The van der Waals surface area contributed by atoms with Gasteiger partial charge in [0.05, 0.1) is 19.5 Å². The Morgan fingerprint density at radius 1 is 1.32 bits per heavy atom. The second-order valence-electron chi connectivity index (χ2n) is 4.62. The van der Waals surface area contributed by atoms with E-state index in [1.807, 2.05) is 12.1 Å². The Morgan fingerprint density at radius 2 is 1.91 bits per heavy atom. The van der Waals surface area contributed by atoms with Gasteiger partial charge in [-0.2, -0.15) is 0 Å². The minimum absolute atomic E-state index is 0.279. The van der Waals surface area contributed by atoms with Crippen LogP contribution >= 0.6 is 24.0 Å². The number of carboxylic acids is 1. The van der Waals surface area contributed by atoms with Gasteiger partial charge in [0, 0.05) is 6.07 Å². The third-order valence-electron chi connectivity index (χ3n) is 3.13. The molecule has 1 saturated heterocycles. The van der Waals surface area contributed by atoms with E-state index in [4.69, 9.17) is 26.8 Å². The molecule has 8 heteroatoms. The molecule has 2 rings (SSSR count). The van der Waals surface area contributed by atoms with E-state index >= 15 is 0 Å². The maximum absolute atomic E-state index is 12.3. The summed E-state index contributed by atoms with van der Waals surface area (Å²) < 4.78 is 10.7. The Morgan fingerprint density at radius 3 is 2.41 bits per heavy atom. The molecule has 1 aromatic rings. The smallest absolute Gasteiger partial charge is 0.323 e. The van der Waals surface area contributed by atoms with Gasteiger partial charge in [-0.15, -0.1) is 0 Å². The number of carboxylic acid groups (broad SMARTS) is 1. The Balaban J connectivity index is 2.16. The van der Waals surface area contributed by atoms with E-state index < -0.39 is 17.8 Å². The highest BCUT2D eigenvalue weighted by Crippen LogP contribution is 2.31. The van der Waals surface area contributed by atoms with Crippen LogP contribution in [0.25, 0.3) is 0 Å². The van der Waals surface area contributed by atoms with Crippen LogP contribution < -0.4 is 9.47 Å². The van der Waals surface area contributed by atoms with Crippen molar-refractivity contribution in [1.29, 1.82) is 0 Å². The van der Waals surface area contributed by atoms with Gasteiger partial charge >= 0.3 is 5.97 Å². The van der Waals surface area contributed by atoms with Crippen molar-refractivity contribution in [2.75, 3.05) is 20.8 Å². The van der Waals surface area contributed by atoms with Crippen LogP contribution in [0.15, 0.2) is 18.2 Å². The van der Waals surface area contributed by atoms with Crippen molar-refractivity contribution in [3.63, 3.8) is 0 Å². The van der Waals surface area contributed by atoms with Crippen molar-refractivity contribution in [1.82, 2.24) is 4.90 Å².